The number of anilines is 1. The number of primary amides is 1. The Morgan fingerprint density at radius 2 is 2.15 bits per heavy atom. The molecule has 0 saturated heterocycles. The fourth-order valence-corrected chi connectivity index (χ4v) is 3.32. The molecule has 12 heteroatoms. The maximum Gasteiger partial charge on any atom is 0.341 e. The molecule has 0 atom stereocenters. The monoisotopic (exact) mass is 395 g/mol. The summed E-state index contributed by atoms with van der Waals surface area (Å²) < 4.78 is 6.23. The van der Waals surface area contributed by atoms with Crippen LogP contribution in [0.2, 0.25) is 0 Å². The molecule has 2 rings (SSSR count). The zero-order valence-corrected chi connectivity index (χ0v) is 15.4. The number of thiophene rings is 1. The Hall–Kier alpha value is -3.28. The van der Waals surface area contributed by atoms with Gasteiger partial charge in [-0.3, -0.25) is 24.4 Å². The first-order valence-corrected chi connectivity index (χ1v) is 8.63. The summed E-state index contributed by atoms with van der Waals surface area (Å²) in [6.07, 6.45) is 2.24. The van der Waals surface area contributed by atoms with Crippen molar-refractivity contribution in [3.63, 3.8) is 0 Å². The lowest BCUT2D eigenvalue weighted by Crippen LogP contribution is -2.16. The van der Waals surface area contributed by atoms with E-state index in [0.717, 1.165) is 17.5 Å². The summed E-state index contributed by atoms with van der Waals surface area (Å²) in [7, 11) is 0. The predicted molar refractivity (Wildman–Crippen MR) is 95.7 cm³/mol. The van der Waals surface area contributed by atoms with Gasteiger partial charge in [0.2, 0.25) is 5.91 Å². The first-order valence-electron chi connectivity index (χ1n) is 7.81. The molecule has 0 radical (unpaired) electrons. The van der Waals surface area contributed by atoms with Crippen molar-refractivity contribution >= 4 is 39.8 Å². The van der Waals surface area contributed by atoms with Gasteiger partial charge in [0.15, 0.2) is 0 Å². The average Bonchev–Trinajstić information content (AvgIpc) is 3.18. The number of aromatic nitrogens is 2. The van der Waals surface area contributed by atoms with Crippen molar-refractivity contribution in [2.45, 2.75) is 26.8 Å². The largest absolute Gasteiger partial charge is 0.462 e. The fourth-order valence-electron chi connectivity index (χ4n) is 2.26. The van der Waals surface area contributed by atoms with Crippen LogP contribution in [-0.4, -0.2) is 39.1 Å². The Morgan fingerprint density at radius 3 is 2.70 bits per heavy atom. The highest BCUT2D eigenvalue weighted by atomic mass is 32.1. The van der Waals surface area contributed by atoms with E-state index in [-0.39, 0.29) is 40.7 Å². The highest BCUT2D eigenvalue weighted by Gasteiger charge is 2.25. The molecule has 27 heavy (non-hydrogen) atoms. The van der Waals surface area contributed by atoms with Gasteiger partial charge >= 0.3 is 11.7 Å². The zero-order chi connectivity index (χ0) is 20.1. The predicted octanol–water partition coefficient (Wildman–Crippen LogP) is 1.47. The van der Waals surface area contributed by atoms with Crippen LogP contribution in [0.15, 0.2) is 12.4 Å². The van der Waals surface area contributed by atoms with Crippen LogP contribution < -0.4 is 11.1 Å². The summed E-state index contributed by atoms with van der Waals surface area (Å²) >= 11 is 0.887. The third kappa shape index (κ3) is 4.67. The van der Waals surface area contributed by atoms with Gasteiger partial charge in [-0.05, 0) is 19.4 Å². The van der Waals surface area contributed by atoms with E-state index in [1.807, 2.05) is 0 Å². The number of nitro groups is 1. The van der Waals surface area contributed by atoms with E-state index >= 15 is 0 Å². The smallest absolute Gasteiger partial charge is 0.341 e. The van der Waals surface area contributed by atoms with Gasteiger partial charge in [0.05, 0.1) is 22.0 Å². The zero-order valence-electron chi connectivity index (χ0n) is 14.6. The van der Waals surface area contributed by atoms with E-state index in [9.17, 15) is 24.5 Å². The van der Waals surface area contributed by atoms with Crippen LogP contribution in [0.25, 0.3) is 0 Å². The maximum atomic E-state index is 12.2. The molecule has 11 nitrogen and oxygen atoms in total. The molecule has 3 N–H and O–H groups in total. The molecule has 0 spiro atoms. The third-order valence-corrected chi connectivity index (χ3v) is 4.72. The summed E-state index contributed by atoms with van der Waals surface area (Å²) in [6, 6.07) is 0. The molecule has 144 valence electrons. The van der Waals surface area contributed by atoms with Gasteiger partial charge in [-0.25, -0.2) is 4.79 Å². The lowest BCUT2D eigenvalue weighted by molar-refractivity contribution is -0.385. The number of esters is 1. The first-order chi connectivity index (χ1) is 12.7. The van der Waals surface area contributed by atoms with Crippen LogP contribution in [-0.2, 0) is 16.1 Å². The number of nitrogens with two attached hydrogens (primary N) is 1. The topological polar surface area (TPSA) is 159 Å². The van der Waals surface area contributed by atoms with Gasteiger partial charge in [0, 0.05) is 13.0 Å². The number of aryl methyl sites for hydroxylation is 1. The fraction of sp³-hybridized carbons (Fsp3) is 0.333. The summed E-state index contributed by atoms with van der Waals surface area (Å²) in [6.45, 7) is 3.41. The van der Waals surface area contributed by atoms with Crippen molar-refractivity contribution in [3.8, 4) is 0 Å². The molecule has 0 aliphatic heterocycles. The van der Waals surface area contributed by atoms with Crippen molar-refractivity contribution < 1.29 is 24.0 Å². The Morgan fingerprint density at radius 1 is 1.44 bits per heavy atom. The number of hydrogen-bond acceptors (Lipinski definition) is 8. The molecular formula is C15H17N5O6S. The number of hydrogen-bond donors (Lipinski definition) is 2. The van der Waals surface area contributed by atoms with Crippen LogP contribution in [0.3, 0.4) is 0 Å². The molecule has 2 amide bonds. The molecule has 0 bridgehead atoms. The van der Waals surface area contributed by atoms with E-state index in [0.29, 0.717) is 5.56 Å². The van der Waals surface area contributed by atoms with Crippen molar-refractivity contribution in [1.82, 2.24) is 9.78 Å². The molecule has 2 heterocycles. The van der Waals surface area contributed by atoms with Crippen LogP contribution in [0.5, 0.6) is 0 Å². The Bertz CT molecular complexity index is 903. The van der Waals surface area contributed by atoms with Gasteiger partial charge in [-0.2, -0.15) is 5.10 Å². The van der Waals surface area contributed by atoms with Crippen LogP contribution in [0, 0.1) is 17.0 Å². The SMILES string of the molecule is CCOC(=O)c1c(NC(=O)CCn2cc([N+](=O)[O-])cn2)sc(C(N)=O)c1C. The van der Waals surface area contributed by atoms with Crippen molar-refractivity contribution in [1.29, 1.82) is 0 Å². The highest BCUT2D eigenvalue weighted by Crippen LogP contribution is 2.33. The van der Waals surface area contributed by atoms with E-state index in [4.69, 9.17) is 10.5 Å². The number of rotatable bonds is 8. The minimum atomic E-state index is -0.715. The van der Waals surface area contributed by atoms with Gasteiger partial charge in [-0.15, -0.1) is 11.3 Å². The van der Waals surface area contributed by atoms with E-state index < -0.39 is 22.7 Å². The quantitative estimate of drug-likeness (QED) is 0.389. The lowest BCUT2D eigenvalue weighted by atomic mass is 10.1. The number of amides is 2. The summed E-state index contributed by atoms with van der Waals surface area (Å²) in [5.74, 6) is -1.85. The van der Waals surface area contributed by atoms with Gasteiger partial charge in [0.25, 0.3) is 5.91 Å². The first kappa shape index (κ1) is 20.0. The summed E-state index contributed by atoms with van der Waals surface area (Å²) in [4.78, 5) is 46.1. The lowest BCUT2D eigenvalue weighted by Gasteiger charge is -2.07. The number of nitrogens with zero attached hydrogens (tertiary/aromatic N) is 3. The minimum Gasteiger partial charge on any atom is -0.462 e. The molecule has 0 saturated carbocycles. The van der Waals surface area contributed by atoms with E-state index in [1.54, 1.807) is 13.8 Å². The standard InChI is InChI=1S/C15H17N5O6S/c1-3-26-15(23)11-8(2)12(13(16)22)27-14(11)18-10(21)4-5-19-7-9(6-17-19)20(24)25/h6-7H,3-5H2,1-2H3,(H2,16,22)(H,18,21). The van der Waals surface area contributed by atoms with Crippen molar-refractivity contribution in [2.75, 3.05) is 11.9 Å². The van der Waals surface area contributed by atoms with Crippen molar-refractivity contribution in [2.24, 2.45) is 5.73 Å². The molecular weight excluding hydrogens is 378 g/mol. The molecule has 0 aromatic carbocycles. The second kappa shape index (κ2) is 8.40. The molecule has 0 unspecified atom stereocenters. The molecule has 0 fully saturated rings. The van der Waals surface area contributed by atoms with Gasteiger partial charge < -0.3 is 15.8 Å². The number of nitrogens with one attached hydrogen (secondary N) is 1. The van der Waals surface area contributed by atoms with E-state index in [1.165, 1.54) is 10.9 Å². The minimum absolute atomic E-state index is 0.0516. The molecule has 0 aliphatic carbocycles. The van der Waals surface area contributed by atoms with Crippen molar-refractivity contribution in [3.05, 3.63) is 38.5 Å². The van der Waals surface area contributed by atoms with Crippen LogP contribution in [0.4, 0.5) is 10.7 Å². The second-order valence-corrected chi connectivity index (χ2v) is 6.38. The second-order valence-electron chi connectivity index (χ2n) is 5.36. The Balaban J connectivity index is 2.13. The molecule has 0 aliphatic rings. The van der Waals surface area contributed by atoms with Gasteiger partial charge in [-0.1, -0.05) is 0 Å². The van der Waals surface area contributed by atoms with Crippen LogP contribution in [0.1, 0.15) is 38.9 Å². The maximum absolute atomic E-state index is 12.2. The molecule has 2 aromatic heterocycles. The number of ether oxygens (including phenoxy) is 1. The third-order valence-electron chi connectivity index (χ3n) is 3.50. The number of carbonyl (C=O) groups is 3. The summed E-state index contributed by atoms with van der Waals surface area (Å²) in [5, 5.41) is 17.1. The highest BCUT2D eigenvalue weighted by molar-refractivity contribution is 7.18. The van der Waals surface area contributed by atoms with E-state index in [2.05, 4.69) is 10.4 Å². The Labute approximate surface area is 157 Å². The Kier molecular flexibility index (Phi) is 6.23. The average molecular weight is 395 g/mol. The van der Waals surface area contributed by atoms with Gasteiger partial charge in [0.1, 0.15) is 17.4 Å². The number of carbonyl (C=O) groups excluding carboxylic acids is 3. The van der Waals surface area contributed by atoms with Crippen LogP contribution >= 0.6 is 11.3 Å². The normalized spacial score (nSPS) is 10.4. The molecule has 2 aromatic rings. The summed E-state index contributed by atoms with van der Waals surface area (Å²) in [5.41, 5.74) is 5.54.